The van der Waals surface area contributed by atoms with Gasteiger partial charge in [-0.3, -0.25) is 0 Å². The van der Waals surface area contributed by atoms with E-state index in [0.29, 0.717) is 11.8 Å². The molecule has 0 N–H and O–H groups in total. The molecule has 0 amide bonds. The fourth-order valence-corrected chi connectivity index (χ4v) is 15.0. The minimum Gasteiger partial charge on any atom is -0.309 e. The van der Waals surface area contributed by atoms with Gasteiger partial charge in [0.15, 0.2) is 0 Å². The quantitative estimate of drug-likeness (QED) is 0.147. The minimum atomic E-state index is 0.0444. The second kappa shape index (κ2) is 16.4. The molecule has 2 heteroatoms. The summed E-state index contributed by atoms with van der Waals surface area (Å²) in [4.78, 5) is 2.63. The SMILES string of the molecule is c1ccc(-c2ccccc2-c2ccccc2-c2ccccc2N(c2cccc(-c3ccc4c5ccccc5n(-c5ccccc5)c4c3)c2)c2cccc3c2-c2ccccc2C32C3CC4CC(C3)CC2C4)cc1. The average molecular weight is 923 g/mol. The lowest BCUT2D eigenvalue weighted by Gasteiger charge is -2.61. The summed E-state index contributed by atoms with van der Waals surface area (Å²) in [5.41, 5.74) is 22.8. The summed E-state index contributed by atoms with van der Waals surface area (Å²) in [6.07, 6.45) is 6.86. The predicted octanol–water partition coefficient (Wildman–Crippen LogP) is 18.6. The van der Waals surface area contributed by atoms with Gasteiger partial charge in [-0.2, -0.15) is 0 Å². The van der Waals surface area contributed by atoms with Crippen LogP contribution in [-0.4, -0.2) is 4.57 Å². The Morgan fingerprint density at radius 1 is 0.347 bits per heavy atom. The first-order valence-corrected chi connectivity index (χ1v) is 26.3. The van der Waals surface area contributed by atoms with E-state index in [1.807, 2.05) is 0 Å². The fraction of sp³-hybridized carbons (Fsp3) is 0.143. The first-order valence-electron chi connectivity index (χ1n) is 26.3. The molecule has 0 aliphatic heterocycles. The number of para-hydroxylation sites is 3. The summed E-state index contributed by atoms with van der Waals surface area (Å²) in [5, 5.41) is 2.52. The number of fused-ring (bicyclic) bond motifs is 6. The lowest BCUT2D eigenvalue weighted by Crippen LogP contribution is -2.55. The predicted molar refractivity (Wildman–Crippen MR) is 300 cm³/mol. The summed E-state index contributed by atoms with van der Waals surface area (Å²) >= 11 is 0. The number of benzene rings is 10. The van der Waals surface area contributed by atoms with Crippen LogP contribution in [0.5, 0.6) is 0 Å². The van der Waals surface area contributed by atoms with Gasteiger partial charge in [-0.05, 0) is 160 Å². The molecule has 1 spiro atoms. The molecule has 1 heterocycles. The molecule has 1 aromatic heterocycles. The molecule has 16 rings (SSSR count). The van der Waals surface area contributed by atoms with Crippen LogP contribution in [0.1, 0.15) is 43.2 Å². The van der Waals surface area contributed by atoms with Crippen molar-refractivity contribution in [1.29, 1.82) is 0 Å². The standard InChI is InChI=1S/C70H54N2/c1-3-19-48(20-4-1)55-25-7-8-26-56(55)57-27-9-10-28-58(57)59-29-12-15-34-65(59)72(67-36-18-33-64-69(67)62-31-11-14-32-63(62)70(64)51-40-46-39-47(42-51)43-52(70)41-46)54-24-17-21-49(44-54)50-37-38-61-60-30-13-16-35-66(60)71(68(61)45-50)53-22-5-2-6-23-53/h1-38,44-47,51-52H,39-43H2. The zero-order valence-electron chi connectivity index (χ0n) is 40.3. The number of nitrogens with zero attached hydrogens (tertiary/aromatic N) is 2. The highest BCUT2D eigenvalue weighted by Gasteiger charge is 2.62. The van der Waals surface area contributed by atoms with E-state index in [2.05, 4.69) is 252 Å². The maximum atomic E-state index is 2.63. The van der Waals surface area contributed by atoms with Gasteiger partial charge < -0.3 is 9.47 Å². The van der Waals surface area contributed by atoms with Crippen LogP contribution in [0.3, 0.4) is 0 Å². The third-order valence-corrected chi connectivity index (χ3v) is 17.6. The lowest BCUT2D eigenvalue weighted by molar-refractivity contribution is -0.0399. The summed E-state index contributed by atoms with van der Waals surface area (Å²) in [6, 6.07) is 91.0. The summed E-state index contributed by atoms with van der Waals surface area (Å²) in [6.45, 7) is 0. The van der Waals surface area contributed by atoms with Crippen molar-refractivity contribution >= 4 is 38.9 Å². The van der Waals surface area contributed by atoms with Gasteiger partial charge in [0.05, 0.1) is 22.4 Å². The van der Waals surface area contributed by atoms with Crippen molar-refractivity contribution in [3.63, 3.8) is 0 Å². The first-order chi connectivity index (χ1) is 35.7. The summed E-state index contributed by atoms with van der Waals surface area (Å²) < 4.78 is 2.43. The largest absolute Gasteiger partial charge is 0.309 e. The Bertz CT molecular complexity index is 3870. The van der Waals surface area contributed by atoms with Crippen LogP contribution in [0.2, 0.25) is 0 Å². The van der Waals surface area contributed by atoms with Crippen molar-refractivity contribution in [1.82, 2.24) is 4.57 Å². The van der Waals surface area contributed by atoms with Gasteiger partial charge in [0.1, 0.15) is 0 Å². The molecule has 4 bridgehead atoms. The Morgan fingerprint density at radius 2 is 0.875 bits per heavy atom. The molecule has 11 aromatic rings. The highest BCUT2D eigenvalue weighted by atomic mass is 15.1. The van der Waals surface area contributed by atoms with Crippen LogP contribution in [-0.2, 0) is 5.41 Å². The smallest absolute Gasteiger partial charge is 0.0547 e. The molecule has 5 aliphatic rings. The molecule has 0 unspecified atom stereocenters. The molecular formula is C70H54N2. The molecular weight excluding hydrogens is 869 g/mol. The third-order valence-electron chi connectivity index (χ3n) is 17.6. The van der Waals surface area contributed by atoms with Gasteiger partial charge in [0.2, 0.25) is 0 Å². The van der Waals surface area contributed by atoms with Gasteiger partial charge >= 0.3 is 0 Å². The number of rotatable bonds is 8. The molecule has 0 radical (unpaired) electrons. The van der Waals surface area contributed by atoms with Gasteiger partial charge in [0, 0.05) is 38.7 Å². The third kappa shape index (κ3) is 6.21. The van der Waals surface area contributed by atoms with E-state index in [1.165, 1.54) is 121 Å². The average Bonchev–Trinajstić information content (AvgIpc) is 3.94. The van der Waals surface area contributed by atoms with Crippen molar-refractivity contribution in [3.05, 3.63) is 254 Å². The Kier molecular flexibility index (Phi) is 9.49. The molecule has 10 aromatic carbocycles. The van der Waals surface area contributed by atoms with Gasteiger partial charge in [-0.1, -0.05) is 194 Å². The van der Waals surface area contributed by atoms with Crippen LogP contribution in [0.25, 0.3) is 83.1 Å². The molecule has 2 nitrogen and oxygen atoms in total. The highest BCUT2D eigenvalue weighted by Crippen LogP contribution is 2.70. The van der Waals surface area contributed by atoms with Crippen LogP contribution >= 0.6 is 0 Å². The monoisotopic (exact) mass is 922 g/mol. The van der Waals surface area contributed by atoms with Crippen LogP contribution in [0.4, 0.5) is 17.1 Å². The fourth-order valence-electron chi connectivity index (χ4n) is 15.0. The normalized spacial score (nSPS) is 20.3. The Hall–Kier alpha value is -8.20. The second-order valence-electron chi connectivity index (χ2n) is 21.2. The van der Waals surface area contributed by atoms with E-state index in [9.17, 15) is 0 Å². The number of hydrogen-bond acceptors (Lipinski definition) is 1. The number of anilines is 3. The highest BCUT2D eigenvalue weighted by molar-refractivity contribution is 6.10. The molecule has 0 saturated heterocycles. The minimum absolute atomic E-state index is 0.0444. The van der Waals surface area contributed by atoms with Gasteiger partial charge in [-0.25, -0.2) is 0 Å². The van der Waals surface area contributed by atoms with E-state index in [1.54, 1.807) is 11.1 Å². The van der Waals surface area contributed by atoms with Crippen molar-refractivity contribution < 1.29 is 0 Å². The molecule has 4 fully saturated rings. The van der Waals surface area contributed by atoms with E-state index in [4.69, 9.17) is 0 Å². The summed E-state index contributed by atoms with van der Waals surface area (Å²) in [5.74, 6) is 3.11. The second-order valence-corrected chi connectivity index (χ2v) is 21.2. The van der Waals surface area contributed by atoms with Crippen LogP contribution < -0.4 is 4.90 Å². The van der Waals surface area contributed by atoms with Crippen molar-refractivity contribution in [2.24, 2.45) is 23.7 Å². The Labute approximate surface area is 422 Å². The van der Waals surface area contributed by atoms with Crippen molar-refractivity contribution in [2.75, 3.05) is 4.90 Å². The molecule has 0 atom stereocenters. The first kappa shape index (κ1) is 41.6. The number of aromatic nitrogens is 1. The zero-order chi connectivity index (χ0) is 47.3. The lowest BCUT2D eigenvalue weighted by atomic mass is 9.43. The maximum Gasteiger partial charge on any atom is 0.0547 e. The topological polar surface area (TPSA) is 8.17 Å². The van der Waals surface area contributed by atoms with E-state index >= 15 is 0 Å². The van der Waals surface area contributed by atoms with E-state index < -0.39 is 0 Å². The van der Waals surface area contributed by atoms with Gasteiger partial charge in [0.25, 0.3) is 0 Å². The van der Waals surface area contributed by atoms with E-state index in [0.717, 1.165) is 23.2 Å². The molecule has 4 saturated carbocycles. The summed E-state index contributed by atoms with van der Waals surface area (Å²) in [7, 11) is 0. The van der Waals surface area contributed by atoms with Crippen molar-refractivity contribution in [3.8, 4) is 61.3 Å². The van der Waals surface area contributed by atoms with Gasteiger partial charge in [-0.15, -0.1) is 0 Å². The number of hydrogen-bond donors (Lipinski definition) is 0. The Balaban J connectivity index is 0.964. The molecule has 72 heavy (non-hydrogen) atoms. The Morgan fingerprint density at radius 3 is 1.64 bits per heavy atom. The molecule has 344 valence electrons. The van der Waals surface area contributed by atoms with Crippen LogP contribution in [0, 0.1) is 23.7 Å². The maximum absolute atomic E-state index is 2.63. The van der Waals surface area contributed by atoms with Crippen LogP contribution in [0.15, 0.2) is 243 Å². The molecule has 5 aliphatic carbocycles. The van der Waals surface area contributed by atoms with Crippen molar-refractivity contribution in [2.45, 2.75) is 37.5 Å². The zero-order valence-corrected chi connectivity index (χ0v) is 40.3. The van der Waals surface area contributed by atoms with E-state index in [-0.39, 0.29) is 5.41 Å².